The third-order valence-corrected chi connectivity index (χ3v) is 4.66. The molecule has 0 aliphatic rings. The summed E-state index contributed by atoms with van der Waals surface area (Å²) in [5, 5.41) is 8.62. The SMILES string of the molecule is CNC(C)Cc1noc(Cn2c3ccccc3c(=O)c3ccccc32)n1.Cl. The van der Waals surface area contributed by atoms with Crippen LogP contribution >= 0.6 is 12.4 Å². The van der Waals surface area contributed by atoms with E-state index >= 15 is 0 Å². The predicted molar refractivity (Wildman–Crippen MR) is 109 cm³/mol. The number of nitrogens with one attached hydrogen (secondary N) is 1. The van der Waals surface area contributed by atoms with Crippen LogP contribution in [0.5, 0.6) is 0 Å². The Balaban J connectivity index is 0.00000210. The first-order valence-electron chi connectivity index (χ1n) is 8.66. The van der Waals surface area contributed by atoms with Crippen molar-refractivity contribution >= 4 is 34.2 Å². The third kappa shape index (κ3) is 3.59. The van der Waals surface area contributed by atoms with E-state index in [0.29, 0.717) is 35.5 Å². The quantitative estimate of drug-likeness (QED) is 0.535. The van der Waals surface area contributed by atoms with Crippen molar-refractivity contribution in [1.82, 2.24) is 20.0 Å². The summed E-state index contributed by atoms with van der Waals surface area (Å²) >= 11 is 0. The van der Waals surface area contributed by atoms with E-state index in [9.17, 15) is 4.79 Å². The van der Waals surface area contributed by atoms with Crippen LogP contribution < -0.4 is 10.7 Å². The molecule has 0 saturated heterocycles. The zero-order valence-corrected chi connectivity index (χ0v) is 16.0. The normalized spacial score (nSPS) is 12.2. The van der Waals surface area contributed by atoms with Gasteiger partial charge in [0.15, 0.2) is 11.3 Å². The standard InChI is InChI=1S/C20H20N4O2.ClH/c1-13(21-2)11-18-22-19(26-23-18)12-24-16-9-5-3-7-14(16)20(25)15-8-4-6-10-17(15)24;/h3-10,13,21H,11-12H2,1-2H3;1H. The lowest BCUT2D eigenvalue weighted by atomic mass is 10.1. The fraction of sp³-hybridized carbons (Fsp3) is 0.250. The van der Waals surface area contributed by atoms with Crippen LogP contribution in [0.15, 0.2) is 57.8 Å². The zero-order chi connectivity index (χ0) is 18.1. The summed E-state index contributed by atoms with van der Waals surface area (Å²) in [4.78, 5) is 17.3. The average molecular weight is 385 g/mol. The maximum absolute atomic E-state index is 12.8. The van der Waals surface area contributed by atoms with Crippen molar-refractivity contribution in [2.45, 2.75) is 25.9 Å². The van der Waals surface area contributed by atoms with E-state index in [2.05, 4.69) is 26.9 Å². The molecule has 4 rings (SSSR count). The van der Waals surface area contributed by atoms with Crippen LogP contribution in [0, 0.1) is 0 Å². The van der Waals surface area contributed by atoms with Gasteiger partial charge < -0.3 is 14.4 Å². The number of halogens is 1. The van der Waals surface area contributed by atoms with Gasteiger partial charge in [0.1, 0.15) is 6.54 Å². The smallest absolute Gasteiger partial charge is 0.246 e. The van der Waals surface area contributed by atoms with E-state index in [4.69, 9.17) is 4.52 Å². The molecule has 0 bridgehead atoms. The molecule has 1 atom stereocenters. The van der Waals surface area contributed by atoms with Crippen molar-refractivity contribution in [3.8, 4) is 0 Å². The fourth-order valence-electron chi connectivity index (χ4n) is 3.20. The topological polar surface area (TPSA) is 73.0 Å². The zero-order valence-electron chi connectivity index (χ0n) is 15.2. The highest BCUT2D eigenvalue weighted by Gasteiger charge is 2.14. The highest BCUT2D eigenvalue weighted by molar-refractivity contribution is 5.93. The first kappa shape index (κ1) is 19.1. The molecule has 0 spiro atoms. The lowest BCUT2D eigenvalue weighted by molar-refractivity contribution is 0.366. The molecule has 0 saturated carbocycles. The second kappa shape index (κ2) is 7.90. The number of aromatic nitrogens is 3. The minimum Gasteiger partial charge on any atom is -0.337 e. The van der Waals surface area contributed by atoms with Gasteiger partial charge in [-0.3, -0.25) is 4.79 Å². The average Bonchev–Trinajstić information content (AvgIpc) is 3.12. The summed E-state index contributed by atoms with van der Waals surface area (Å²) in [7, 11) is 1.91. The minimum atomic E-state index is 0. The lowest BCUT2D eigenvalue weighted by Gasteiger charge is -2.13. The Bertz CT molecular complexity index is 1080. The van der Waals surface area contributed by atoms with Gasteiger partial charge in [-0.15, -0.1) is 12.4 Å². The Kier molecular flexibility index (Phi) is 5.58. The molecule has 2 aromatic heterocycles. The minimum absolute atomic E-state index is 0. The van der Waals surface area contributed by atoms with Gasteiger partial charge in [0.25, 0.3) is 0 Å². The van der Waals surface area contributed by atoms with Gasteiger partial charge in [-0.1, -0.05) is 29.4 Å². The van der Waals surface area contributed by atoms with Gasteiger partial charge in [-0.2, -0.15) is 4.98 Å². The van der Waals surface area contributed by atoms with Crippen molar-refractivity contribution in [2.24, 2.45) is 0 Å². The van der Waals surface area contributed by atoms with E-state index in [-0.39, 0.29) is 23.9 Å². The summed E-state index contributed by atoms with van der Waals surface area (Å²) in [6, 6.07) is 15.5. The van der Waals surface area contributed by atoms with Crippen LogP contribution in [0.1, 0.15) is 18.6 Å². The second-order valence-electron chi connectivity index (χ2n) is 6.45. The summed E-state index contributed by atoms with van der Waals surface area (Å²) in [5.41, 5.74) is 1.76. The van der Waals surface area contributed by atoms with Crippen LogP contribution in [0.4, 0.5) is 0 Å². The molecular weight excluding hydrogens is 364 g/mol. The molecular formula is C20H21ClN4O2. The predicted octanol–water partition coefficient (Wildman–Crippen LogP) is 3.16. The summed E-state index contributed by atoms with van der Waals surface area (Å²) in [5.74, 6) is 1.21. The maximum atomic E-state index is 12.8. The van der Waals surface area contributed by atoms with Gasteiger partial charge in [0, 0.05) is 23.2 Å². The first-order chi connectivity index (χ1) is 12.7. The molecule has 0 radical (unpaired) electrons. The van der Waals surface area contributed by atoms with Crippen LogP contribution in [-0.2, 0) is 13.0 Å². The molecule has 1 N–H and O–H groups in total. The lowest BCUT2D eigenvalue weighted by Crippen LogP contribution is -2.24. The van der Waals surface area contributed by atoms with E-state index in [0.717, 1.165) is 11.0 Å². The number of pyridine rings is 1. The number of rotatable bonds is 5. The summed E-state index contributed by atoms with van der Waals surface area (Å²) in [6.07, 6.45) is 0.700. The van der Waals surface area contributed by atoms with E-state index in [1.54, 1.807) is 0 Å². The highest BCUT2D eigenvalue weighted by atomic mass is 35.5. The maximum Gasteiger partial charge on any atom is 0.246 e. The molecule has 0 aliphatic heterocycles. The van der Waals surface area contributed by atoms with Crippen LogP contribution in [0.3, 0.4) is 0 Å². The fourth-order valence-corrected chi connectivity index (χ4v) is 3.20. The van der Waals surface area contributed by atoms with Gasteiger partial charge in [0.2, 0.25) is 5.89 Å². The van der Waals surface area contributed by atoms with Gasteiger partial charge in [0.05, 0.1) is 11.0 Å². The molecule has 0 fully saturated rings. The Morgan fingerprint density at radius 3 is 2.26 bits per heavy atom. The number of likely N-dealkylation sites (N-methyl/N-ethyl adjacent to an activating group) is 1. The Morgan fingerprint density at radius 2 is 1.67 bits per heavy atom. The summed E-state index contributed by atoms with van der Waals surface area (Å²) < 4.78 is 7.51. The monoisotopic (exact) mass is 384 g/mol. The summed E-state index contributed by atoms with van der Waals surface area (Å²) in [6.45, 7) is 2.49. The highest BCUT2D eigenvalue weighted by Crippen LogP contribution is 2.20. The molecule has 7 heteroatoms. The number of benzene rings is 2. The number of fused-ring (bicyclic) bond motifs is 2. The van der Waals surface area contributed by atoms with E-state index in [1.807, 2.05) is 55.6 Å². The largest absolute Gasteiger partial charge is 0.337 e. The number of para-hydroxylation sites is 2. The molecule has 6 nitrogen and oxygen atoms in total. The van der Waals surface area contributed by atoms with Crippen LogP contribution in [-0.4, -0.2) is 27.8 Å². The number of nitrogens with zero attached hydrogens (tertiary/aromatic N) is 3. The van der Waals surface area contributed by atoms with Gasteiger partial charge in [-0.25, -0.2) is 0 Å². The Morgan fingerprint density at radius 1 is 1.07 bits per heavy atom. The van der Waals surface area contributed by atoms with E-state index in [1.165, 1.54) is 0 Å². The molecule has 2 heterocycles. The number of hydrogen-bond acceptors (Lipinski definition) is 5. The Hall–Kier alpha value is -2.70. The van der Waals surface area contributed by atoms with Crippen molar-refractivity contribution in [2.75, 3.05) is 7.05 Å². The van der Waals surface area contributed by atoms with Crippen LogP contribution in [0.2, 0.25) is 0 Å². The molecule has 0 aliphatic carbocycles. The third-order valence-electron chi connectivity index (χ3n) is 4.66. The van der Waals surface area contributed by atoms with Crippen LogP contribution in [0.25, 0.3) is 21.8 Å². The second-order valence-corrected chi connectivity index (χ2v) is 6.45. The molecule has 2 aromatic carbocycles. The Labute approximate surface area is 162 Å². The molecule has 27 heavy (non-hydrogen) atoms. The molecule has 4 aromatic rings. The van der Waals surface area contributed by atoms with E-state index < -0.39 is 0 Å². The number of hydrogen-bond donors (Lipinski definition) is 1. The van der Waals surface area contributed by atoms with Crippen molar-refractivity contribution in [3.63, 3.8) is 0 Å². The van der Waals surface area contributed by atoms with Crippen molar-refractivity contribution < 1.29 is 4.52 Å². The molecule has 1 unspecified atom stereocenters. The van der Waals surface area contributed by atoms with Gasteiger partial charge >= 0.3 is 0 Å². The van der Waals surface area contributed by atoms with Gasteiger partial charge in [-0.05, 0) is 38.2 Å². The molecule has 140 valence electrons. The first-order valence-corrected chi connectivity index (χ1v) is 8.66. The van der Waals surface area contributed by atoms with Crippen molar-refractivity contribution in [3.05, 3.63) is 70.5 Å². The van der Waals surface area contributed by atoms with Crippen molar-refractivity contribution in [1.29, 1.82) is 0 Å². The molecule has 0 amide bonds.